The fraction of sp³-hybridized carbons (Fsp3) is 0.455. The van der Waals surface area contributed by atoms with E-state index >= 15 is 0 Å². The minimum Gasteiger partial charge on any atom is -0.508 e. The Hall–Kier alpha value is -1.46. The Labute approximate surface area is 179 Å². The van der Waals surface area contributed by atoms with Crippen LogP contribution in [0.3, 0.4) is 0 Å². The summed E-state index contributed by atoms with van der Waals surface area (Å²) in [6, 6.07) is 11.6. The fourth-order valence-electron chi connectivity index (χ4n) is 3.66. The number of piperazine rings is 1. The van der Waals surface area contributed by atoms with Crippen LogP contribution < -0.4 is 10.1 Å². The molecule has 0 bridgehead atoms. The first-order valence-electron chi connectivity index (χ1n) is 9.56. The van der Waals surface area contributed by atoms with Gasteiger partial charge in [-0.3, -0.25) is 4.90 Å². The number of nitrogens with zero attached hydrogens (tertiary/aromatic N) is 1. The highest BCUT2D eigenvalue weighted by molar-refractivity contribution is 6.31. The number of benzene rings is 2. The third-order valence-corrected chi connectivity index (χ3v) is 5.68. The second-order valence-corrected chi connectivity index (χ2v) is 8.04. The van der Waals surface area contributed by atoms with Gasteiger partial charge in [-0.15, -0.1) is 12.4 Å². The molecular weight excluding hydrogens is 395 g/mol. The van der Waals surface area contributed by atoms with Crippen LogP contribution in [-0.2, 0) is 5.72 Å². The van der Waals surface area contributed by atoms with E-state index in [1.165, 1.54) is 0 Å². The highest BCUT2D eigenvalue weighted by Gasteiger charge is 2.39. The molecule has 3 rings (SSSR count). The predicted molar refractivity (Wildman–Crippen MR) is 118 cm³/mol. The molecule has 0 amide bonds. The number of phenols is 1. The summed E-state index contributed by atoms with van der Waals surface area (Å²) in [4.78, 5) is 2.33. The van der Waals surface area contributed by atoms with Crippen LogP contribution in [0.15, 0.2) is 36.4 Å². The normalized spacial score (nSPS) is 17.1. The van der Waals surface area contributed by atoms with E-state index in [2.05, 4.69) is 31.0 Å². The van der Waals surface area contributed by atoms with E-state index in [4.69, 9.17) is 16.3 Å². The summed E-state index contributed by atoms with van der Waals surface area (Å²) in [5.74, 6) is 1.32. The average molecular weight is 425 g/mol. The maximum Gasteiger partial charge on any atom is 0.188 e. The van der Waals surface area contributed by atoms with Crippen molar-refractivity contribution >= 4 is 24.0 Å². The lowest BCUT2D eigenvalue weighted by Gasteiger charge is -2.44. The third kappa shape index (κ3) is 4.57. The van der Waals surface area contributed by atoms with Crippen LogP contribution in [0.5, 0.6) is 11.5 Å². The van der Waals surface area contributed by atoms with Crippen molar-refractivity contribution in [1.82, 2.24) is 10.2 Å². The second-order valence-electron chi connectivity index (χ2n) is 7.63. The molecule has 2 aromatic rings. The Kier molecular flexibility index (Phi) is 7.63. The van der Waals surface area contributed by atoms with Gasteiger partial charge in [-0.2, -0.15) is 0 Å². The van der Waals surface area contributed by atoms with E-state index in [1.807, 2.05) is 43.3 Å². The van der Waals surface area contributed by atoms with Crippen molar-refractivity contribution in [2.75, 3.05) is 26.2 Å². The molecule has 2 aromatic carbocycles. The average Bonchev–Trinajstić information content (AvgIpc) is 2.65. The summed E-state index contributed by atoms with van der Waals surface area (Å²) >= 11 is 6.59. The monoisotopic (exact) mass is 424 g/mol. The van der Waals surface area contributed by atoms with Gasteiger partial charge in [0.25, 0.3) is 0 Å². The number of phenolic OH excluding ortho intramolecular Hbond substituents is 1. The molecule has 1 saturated heterocycles. The van der Waals surface area contributed by atoms with E-state index in [-0.39, 0.29) is 18.3 Å². The molecule has 154 valence electrons. The van der Waals surface area contributed by atoms with Gasteiger partial charge in [-0.25, -0.2) is 0 Å². The number of nitrogens with one attached hydrogen (secondary N) is 1. The van der Waals surface area contributed by atoms with Crippen molar-refractivity contribution in [2.24, 2.45) is 0 Å². The summed E-state index contributed by atoms with van der Waals surface area (Å²) in [7, 11) is 0. The molecule has 0 aliphatic carbocycles. The molecule has 1 heterocycles. The van der Waals surface area contributed by atoms with Crippen LogP contribution >= 0.6 is 24.0 Å². The molecule has 2 N–H and O–H groups in total. The first-order valence-corrected chi connectivity index (χ1v) is 9.94. The van der Waals surface area contributed by atoms with Crippen molar-refractivity contribution in [3.63, 3.8) is 0 Å². The van der Waals surface area contributed by atoms with E-state index in [0.29, 0.717) is 10.8 Å². The van der Waals surface area contributed by atoms with E-state index < -0.39 is 5.72 Å². The molecule has 1 aliphatic heterocycles. The van der Waals surface area contributed by atoms with Gasteiger partial charge in [0.05, 0.1) is 0 Å². The summed E-state index contributed by atoms with van der Waals surface area (Å²) in [6.07, 6.45) is 0. The van der Waals surface area contributed by atoms with E-state index in [9.17, 15) is 5.11 Å². The van der Waals surface area contributed by atoms with Gasteiger partial charge < -0.3 is 15.2 Å². The number of hydrogen-bond donors (Lipinski definition) is 2. The third-order valence-electron chi connectivity index (χ3n) is 5.35. The fourth-order valence-corrected chi connectivity index (χ4v) is 3.97. The lowest BCUT2D eigenvalue weighted by Crippen LogP contribution is -2.56. The molecule has 6 heteroatoms. The molecule has 0 aromatic heterocycles. The molecule has 1 unspecified atom stereocenters. The van der Waals surface area contributed by atoms with Crippen LogP contribution in [0, 0.1) is 6.92 Å². The molecule has 0 radical (unpaired) electrons. The van der Waals surface area contributed by atoms with Crippen LogP contribution in [0.2, 0.25) is 5.02 Å². The number of aryl methyl sites for hydroxylation is 1. The minimum absolute atomic E-state index is 0. The van der Waals surface area contributed by atoms with Gasteiger partial charge in [0.15, 0.2) is 5.72 Å². The number of aromatic hydroxyl groups is 1. The molecule has 28 heavy (non-hydrogen) atoms. The lowest BCUT2D eigenvalue weighted by molar-refractivity contribution is -0.0834. The highest BCUT2D eigenvalue weighted by Crippen LogP contribution is 2.40. The molecule has 4 nitrogen and oxygen atoms in total. The zero-order chi connectivity index (χ0) is 19.6. The molecular formula is C22H30Cl2N2O2. The predicted octanol–water partition coefficient (Wildman–Crippen LogP) is 5.06. The Balaban J connectivity index is 0.00000280. The largest absolute Gasteiger partial charge is 0.508 e. The van der Waals surface area contributed by atoms with Crippen molar-refractivity contribution in [2.45, 2.75) is 39.3 Å². The van der Waals surface area contributed by atoms with E-state index in [1.54, 1.807) is 0 Å². The molecule has 0 saturated carbocycles. The van der Waals surface area contributed by atoms with Crippen LogP contribution in [-0.4, -0.2) is 36.2 Å². The topological polar surface area (TPSA) is 44.7 Å². The molecule has 0 spiro atoms. The quantitative estimate of drug-likeness (QED) is 0.703. The number of rotatable bonds is 5. The number of halogens is 2. The van der Waals surface area contributed by atoms with Crippen LogP contribution in [0.1, 0.15) is 43.4 Å². The van der Waals surface area contributed by atoms with Crippen molar-refractivity contribution in [3.8, 4) is 11.5 Å². The maximum atomic E-state index is 10.2. The SMILES string of the molecule is Cc1cc(OC(C)(c2ccccc2Cl)N2CCNCC2)c(C(C)C)cc1O.Cl. The van der Waals surface area contributed by atoms with Crippen LogP contribution in [0.25, 0.3) is 0 Å². The van der Waals surface area contributed by atoms with Gasteiger partial charge in [0.2, 0.25) is 0 Å². The summed E-state index contributed by atoms with van der Waals surface area (Å²) in [5.41, 5.74) is 2.05. The lowest BCUT2D eigenvalue weighted by atomic mass is 9.98. The molecule has 1 atom stereocenters. The van der Waals surface area contributed by atoms with Gasteiger partial charge in [0, 0.05) is 42.3 Å². The van der Waals surface area contributed by atoms with Crippen LogP contribution in [0.4, 0.5) is 0 Å². The second kappa shape index (κ2) is 9.36. The zero-order valence-corrected chi connectivity index (χ0v) is 18.5. The summed E-state index contributed by atoms with van der Waals surface area (Å²) in [5, 5.41) is 14.3. The van der Waals surface area contributed by atoms with Gasteiger partial charge in [-0.05, 0) is 43.5 Å². The van der Waals surface area contributed by atoms with Gasteiger partial charge in [0.1, 0.15) is 11.5 Å². The number of ether oxygens (including phenoxy) is 1. The summed E-state index contributed by atoms with van der Waals surface area (Å²) < 4.78 is 6.74. The zero-order valence-electron chi connectivity index (χ0n) is 17.0. The van der Waals surface area contributed by atoms with Crippen molar-refractivity contribution < 1.29 is 9.84 Å². The standard InChI is InChI=1S/C22H29ClN2O2.ClH/c1-15(2)17-14-20(26)16(3)13-21(17)27-22(4,25-11-9-24-10-12-25)18-7-5-6-8-19(18)23;/h5-8,13-15,24,26H,9-12H2,1-4H3;1H. The highest BCUT2D eigenvalue weighted by atomic mass is 35.5. The maximum absolute atomic E-state index is 10.2. The first kappa shape index (κ1) is 22.8. The summed E-state index contributed by atoms with van der Waals surface area (Å²) in [6.45, 7) is 11.8. The Morgan fingerprint density at radius 3 is 2.43 bits per heavy atom. The van der Waals surface area contributed by atoms with Crippen molar-refractivity contribution in [3.05, 3.63) is 58.1 Å². The molecule has 1 fully saturated rings. The molecule has 1 aliphatic rings. The van der Waals surface area contributed by atoms with Crippen molar-refractivity contribution in [1.29, 1.82) is 0 Å². The Morgan fingerprint density at radius 1 is 1.18 bits per heavy atom. The minimum atomic E-state index is -0.701. The van der Waals surface area contributed by atoms with Gasteiger partial charge >= 0.3 is 0 Å². The first-order chi connectivity index (χ1) is 12.8. The van der Waals surface area contributed by atoms with Gasteiger partial charge in [-0.1, -0.05) is 43.6 Å². The number of hydrogen-bond acceptors (Lipinski definition) is 4. The smallest absolute Gasteiger partial charge is 0.188 e. The Bertz CT molecular complexity index is 807. The van der Waals surface area contributed by atoms with E-state index in [0.717, 1.165) is 48.6 Å². The Morgan fingerprint density at radius 2 is 1.82 bits per heavy atom.